The van der Waals surface area contributed by atoms with Crippen LogP contribution in [-0.4, -0.2) is 46.8 Å². The van der Waals surface area contributed by atoms with Crippen molar-refractivity contribution < 1.29 is 24.2 Å². The number of carbonyl (C=O) groups is 2. The number of amides is 2. The molecule has 0 saturated heterocycles. The average molecular weight is 242 g/mol. The summed E-state index contributed by atoms with van der Waals surface area (Å²) in [6.45, 7) is -0.360. The van der Waals surface area contributed by atoms with Crippen molar-refractivity contribution in [3.63, 3.8) is 0 Å². The molecular formula is C10H14N2O5. The summed E-state index contributed by atoms with van der Waals surface area (Å²) in [5.74, 6) is -1.28. The fraction of sp³-hybridized carbons (Fsp3) is 0.400. The first kappa shape index (κ1) is 13.0. The number of nitrogens with one attached hydrogen (secondary N) is 1. The van der Waals surface area contributed by atoms with Gasteiger partial charge in [0.25, 0.3) is 0 Å². The van der Waals surface area contributed by atoms with Gasteiger partial charge in [0.2, 0.25) is 0 Å². The second-order valence-electron chi connectivity index (χ2n) is 3.51. The first-order valence-electron chi connectivity index (χ1n) is 4.91. The van der Waals surface area contributed by atoms with Crippen LogP contribution >= 0.6 is 0 Å². The minimum Gasteiger partial charge on any atom is -0.480 e. The van der Waals surface area contributed by atoms with Crippen LogP contribution in [0.3, 0.4) is 0 Å². The van der Waals surface area contributed by atoms with E-state index in [1.54, 1.807) is 6.07 Å². The zero-order valence-electron chi connectivity index (χ0n) is 9.29. The maximum Gasteiger partial charge on any atom is 0.328 e. The molecule has 0 radical (unpaired) electrons. The second-order valence-corrected chi connectivity index (χ2v) is 3.51. The second kappa shape index (κ2) is 5.90. The van der Waals surface area contributed by atoms with Crippen LogP contribution in [0.4, 0.5) is 4.79 Å². The van der Waals surface area contributed by atoms with E-state index in [0.717, 1.165) is 5.56 Å². The monoisotopic (exact) mass is 242 g/mol. The van der Waals surface area contributed by atoms with Gasteiger partial charge in [-0.3, -0.25) is 0 Å². The third-order valence-electron chi connectivity index (χ3n) is 2.12. The minimum absolute atomic E-state index is 0.292. The normalized spacial score (nSPS) is 11.9. The van der Waals surface area contributed by atoms with Crippen molar-refractivity contribution in [1.82, 2.24) is 10.2 Å². The van der Waals surface area contributed by atoms with Crippen molar-refractivity contribution in [3.8, 4) is 0 Å². The molecule has 0 aliphatic heterocycles. The van der Waals surface area contributed by atoms with E-state index in [-0.39, 0.29) is 0 Å². The van der Waals surface area contributed by atoms with Gasteiger partial charge in [-0.25, -0.2) is 9.59 Å². The lowest BCUT2D eigenvalue weighted by Crippen LogP contribution is -2.48. The van der Waals surface area contributed by atoms with Crippen LogP contribution in [0, 0.1) is 0 Å². The van der Waals surface area contributed by atoms with Crippen molar-refractivity contribution in [2.75, 3.05) is 13.7 Å². The molecule has 3 N–H and O–H groups in total. The quantitative estimate of drug-likeness (QED) is 0.667. The topological polar surface area (TPSA) is 103 Å². The van der Waals surface area contributed by atoms with Crippen molar-refractivity contribution in [2.45, 2.75) is 12.6 Å². The number of carbonyl (C=O) groups excluding carboxylic acids is 1. The molecule has 7 heteroatoms. The first-order chi connectivity index (χ1) is 8.04. The van der Waals surface area contributed by atoms with Crippen LogP contribution in [0.15, 0.2) is 23.0 Å². The number of carboxylic acid groups (broad SMARTS) is 1. The zero-order chi connectivity index (χ0) is 12.8. The van der Waals surface area contributed by atoms with Gasteiger partial charge in [0.1, 0.15) is 0 Å². The molecule has 17 heavy (non-hydrogen) atoms. The summed E-state index contributed by atoms with van der Waals surface area (Å²) in [6, 6.07) is -0.174. The van der Waals surface area contributed by atoms with E-state index in [0.29, 0.717) is 6.54 Å². The van der Waals surface area contributed by atoms with Gasteiger partial charge in [-0.05, 0) is 6.07 Å². The molecule has 1 heterocycles. The van der Waals surface area contributed by atoms with Gasteiger partial charge in [0.15, 0.2) is 6.04 Å². The Bertz CT molecular complexity index is 376. The fourth-order valence-electron chi connectivity index (χ4n) is 1.17. The number of hydrogen-bond donors (Lipinski definition) is 3. The molecule has 0 bridgehead atoms. The molecule has 0 saturated carbocycles. The number of aliphatic carboxylic acids is 1. The van der Waals surface area contributed by atoms with Gasteiger partial charge < -0.3 is 24.8 Å². The number of nitrogens with zero attached hydrogens (tertiary/aromatic N) is 1. The summed E-state index contributed by atoms with van der Waals surface area (Å²) in [7, 11) is 1.51. The highest BCUT2D eigenvalue weighted by atomic mass is 16.4. The molecule has 1 rings (SSSR count). The molecule has 1 aromatic rings. The molecule has 0 aliphatic rings. The fourth-order valence-corrected chi connectivity index (χ4v) is 1.17. The highest BCUT2D eigenvalue weighted by Crippen LogP contribution is 2.03. The number of aliphatic hydroxyl groups is 1. The lowest BCUT2D eigenvalue weighted by molar-refractivity contribution is -0.140. The van der Waals surface area contributed by atoms with Gasteiger partial charge in [-0.15, -0.1) is 0 Å². The lowest BCUT2D eigenvalue weighted by Gasteiger charge is -2.19. The van der Waals surface area contributed by atoms with E-state index in [2.05, 4.69) is 5.32 Å². The molecular weight excluding hydrogens is 228 g/mol. The van der Waals surface area contributed by atoms with Crippen molar-refractivity contribution in [1.29, 1.82) is 0 Å². The van der Waals surface area contributed by atoms with Crippen molar-refractivity contribution in [3.05, 3.63) is 24.2 Å². The molecule has 1 aromatic heterocycles. The SMILES string of the molecule is CN(Cc1ccoc1)C(=O)N[C@@H](CO)C(=O)O. The summed E-state index contributed by atoms with van der Waals surface area (Å²) < 4.78 is 4.84. The van der Waals surface area contributed by atoms with E-state index >= 15 is 0 Å². The predicted octanol–water partition coefficient (Wildman–Crippen LogP) is -0.134. The number of urea groups is 1. The number of carboxylic acids is 1. The Morgan fingerprint density at radius 1 is 1.59 bits per heavy atom. The molecule has 1 atom stereocenters. The van der Waals surface area contributed by atoms with Crippen LogP contribution in [0.1, 0.15) is 5.56 Å². The Kier molecular flexibility index (Phi) is 4.53. The van der Waals surface area contributed by atoms with Crippen LogP contribution in [0.2, 0.25) is 0 Å². The largest absolute Gasteiger partial charge is 0.480 e. The van der Waals surface area contributed by atoms with Gasteiger partial charge in [0.05, 0.1) is 25.7 Å². The van der Waals surface area contributed by atoms with Gasteiger partial charge in [-0.1, -0.05) is 0 Å². The van der Waals surface area contributed by atoms with Crippen LogP contribution in [-0.2, 0) is 11.3 Å². The lowest BCUT2D eigenvalue weighted by atomic mass is 10.3. The van der Waals surface area contributed by atoms with Gasteiger partial charge in [-0.2, -0.15) is 0 Å². The molecule has 2 amide bonds. The summed E-state index contributed by atoms with van der Waals surface area (Å²) >= 11 is 0. The van der Waals surface area contributed by atoms with Crippen molar-refractivity contribution in [2.24, 2.45) is 0 Å². The summed E-state index contributed by atoms with van der Waals surface area (Å²) in [4.78, 5) is 23.4. The third-order valence-corrected chi connectivity index (χ3v) is 2.12. The summed E-state index contributed by atoms with van der Waals surface area (Å²) in [5.41, 5.74) is 0.790. The molecule has 0 aliphatic carbocycles. The van der Waals surface area contributed by atoms with E-state index < -0.39 is 24.6 Å². The van der Waals surface area contributed by atoms with Crippen LogP contribution < -0.4 is 5.32 Å². The smallest absolute Gasteiger partial charge is 0.328 e. The number of aliphatic hydroxyl groups excluding tert-OH is 1. The Morgan fingerprint density at radius 3 is 2.76 bits per heavy atom. The standard InChI is InChI=1S/C10H14N2O5/c1-12(4-7-2-3-17-6-7)10(16)11-8(5-13)9(14)15/h2-3,6,8,13H,4-5H2,1H3,(H,11,16)(H,14,15)/t8-/m0/s1. The Hall–Kier alpha value is -2.02. The number of hydrogen-bond acceptors (Lipinski definition) is 4. The maximum atomic E-state index is 11.6. The van der Waals surface area contributed by atoms with Crippen LogP contribution in [0.5, 0.6) is 0 Å². The molecule has 0 unspecified atom stereocenters. The Morgan fingerprint density at radius 2 is 2.29 bits per heavy atom. The first-order valence-corrected chi connectivity index (χ1v) is 4.91. The number of furan rings is 1. The minimum atomic E-state index is -1.30. The van der Waals surface area contributed by atoms with E-state index in [1.807, 2.05) is 0 Å². The van der Waals surface area contributed by atoms with Crippen LogP contribution in [0.25, 0.3) is 0 Å². The molecule has 0 aromatic carbocycles. The van der Waals surface area contributed by atoms with Crippen molar-refractivity contribution >= 4 is 12.0 Å². The highest BCUT2D eigenvalue weighted by Gasteiger charge is 2.20. The van der Waals surface area contributed by atoms with E-state index in [9.17, 15) is 9.59 Å². The number of rotatable bonds is 5. The van der Waals surface area contributed by atoms with E-state index in [4.69, 9.17) is 14.6 Å². The zero-order valence-corrected chi connectivity index (χ0v) is 9.29. The third kappa shape index (κ3) is 3.80. The van der Waals surface area contributed by atoms with Gasteiger partial charge >= 0.3 is 12.0 Å². The average Bonchev–Trinajstić information content (AvgIpc) is 2.77. The Labute approximate surface area is 97.6 Å². The predicted molar refractivity (Wildman–Crippen MR) is 57.2 cm³/mol. The highest BCUT2D eigenvalue weighted by molar-refractivity contribution is 5.82. The summed E-state index contributed by atoms with van der Waals surface area (Å²) in [5, 5.41) is 19.6. The van der Waals surface area contributed by atoms with Gasteiger partial charge in [0, 0.05) is 12.6 Å². The molecule has 7 nitrogen and oxygen atoms in total. The Balaban J connectivity index is 2.49. The molecule has 0 spiro atoms. The molecule has 94 valence electrons. The molecule has 0 fully saturated rings. The maximum absolute atomic E-state index is 11.6. The van der Waals surface area contributed by atoms with E-state index in [1.165, 1.54) is 24.5 Å². The summed E-state index contributed by atoms with van der Waals surface area (Å²) in [6.07, 6.45) is 2.97.